The minimum Gasteiger partial charge on any atom is -1.00 e. The second-order valence-electron chi connectivity index (χ2n) is 6.86. The standard InChI is InChI=1S/C22H23F4NO2.ClH/c1-3-15-13-16(7-6-14(15)2)29-22-20(25)18(23)17(19(24)21(22)26)5-4-8-27-9-11-28-12-10-27;/h4-7,13H,3,8-12H2,1-2H3;1H/p-1/b5-4+;. The second kappa shape index (κ2) is 10.8. The SMILES string of the molecule is CCc1cc(Oc2c(F)c(F)c(/C=C/CN3CCOCC3)c(F)c2F)ccc1C.[Cl-]. The summed E-state index contributed by atoms with van der Waals surface area (Å²) in [6.07, 6.45) is 3.21. The topological polar surface area (TPSA) is 21.7 Å². The van der Waals surface area contributed by atoms with Crippen LogP contribution in [0.4, 0.5) is 17.6 Å². The lowest BCUT2D eigenvalue weighted by Gasteiger charge is -2.25. The van der Waals surface area contributed by atoms with Crippen LogP contribution in [-0.4, -0.2) is 37.7 Å². The molecule has 0 N–H and O–H groups in total. The van der Waals surface area contributed by atoms with E-state index in [0.717, 1.165) is 17.2 Å². The first-order valence-electron chi connectivity index (χ1n) is 9.52. The Morgan fingerprint density at radius 2 is 1.67 bits per heavy atom. The Morgan fingerprint density at radius 3 is 2.27 bits per heavy atom. The Morgan fingerprint density at radius 1 is 1.03 bits per heavy atom. The molecule has 30 heavy (non-hydrogen) atoms. The number of ether oxygens (including phenoxy) is 2. The van der Waals surface area contributed by atoms with Crippen LogP contribution < -0.4 is 17.1 Å². The van der Waals surface area contributed by atoms with Gasteiger partial charge in [0.25, 0.3) is 0 Å². The van der Waals surface area contributed by atoms with E-state index < -0.39 is 34.6 Å². The van der Waals surface area contributed by atoms with E-state index in [4.69, 9.17) is 9.47 Å². The van der Waals surface area contributed by atoms with Gasteiger partial charge in [-0.1, -0.05) is 25.1 Å². The van der Waals surface area contributed by atoms with E-state index in [2.05, 4.69) is 0 Å². The second-order valence-corrected chi connectivity index (χ2v) is 6.86. The van der Waals surface area contributed by atoms with Gasteiger partial charge in [-0.15, -0.1) is 0 Å². The molecule has 0 saturated carbocycles. The van der Waals surface area contributed by atoms with Gasteiger partial charge in [0, 0.05) is 19.6 Å². The number of nitrogens with zero attached hydrogens (tertiary/aromatic N) is 1. The smallest absolute Gasteiger partial charge is 0.205 e. The molecule has 1 fully saturated rings. The van der Waals surface area contributed by atoms with Crippen LogP contribution >= 0.6 is 0 Å². The maximum atomic E-state index is 14.5. The van der Waals surface area contributed by atoms with Crippen molar-refractivity contribution in [2.75, 3.05) is 32.8 Å². The molecular weight excluding hydrogens is 422 g/mol. The highest BCUT2D eigenvalue weighted by atomic mass is 35.5. The van der Waals surface area contributed by atoms with Crippen molar-refractivity contribution in [2.45, 2.75) is 20.3 Å². The zero-order valence-corrected chi connectivity index (χ0v) is 17.5. The Kier molecular flexibility index (Phi) is 8.70. The van der Waals surface area contributed by atoms with Crippen LogP contribution in [0, 0.1) is 30.2 Å². The van der Waals surface area contributed by atoms with Crippen LogP contribution in [0.25, 0.3) is 6.08 Å². The summed E-state index contributed by atoms with van der Waals surface area (Å²) >= 11 is 0. The van der Waals surface area contributed by atoms with Crippen LogP contribution in [0.15, 0.2) is 24.3 Å². The summed E-state index contributed by atoms with van der Waals surface area (Å²) in [6, 6.07) is 4.82. The minimum atomic E-state index is -1.56. The van der Waals surface area contributed by atoms with Crippen molar-refractivity contribution in [1.29, 1.82) is 0 Å². The van der Waals surface area contributed by atoms with Crippen LogP contribution in [-0.2, 0) is 11.2 Å². The zero-order valence-electron chi connectivity index (χ0n) is 16.8. The van der Waals surface area contributed by atoms with E-state index in [-0.39, 0.29) is 18.2 Å². The Labute approximate surface area is 179 Å². The zero-order chi connectivity index (χ0) is 21.0. The molecule has 0 spiro atoms. The van der Waals surface area contributed by atoms with Crippen molar-refractivity contribution < 1.29 is 39.4 Å². The molecule has 3 rings (SSSR count). The lowest BCUT2D eigenvalue weighted by Crippen LogP contribution is -3.00. The lowest BCUT2D eigenvalue weighted by molar-refractivity contribution is -0.00000981. The van der Waals surface area contributed by atoms with Gasteiger partial charge in [-0.05, 0) is 36.6 Å². The summed E-state index contributed by atoms with van der Waals surface area (Å²) in [5, 5.41) is 0. The largest absolute Gasteiger partial charge is 1.00 e. The molecule has 1 aliphatic rings. The van der Waals surface area contributed by atoms with E-state index in [1.807, 2.05) is 18.7 Å². The maximum absolute atomic E-state index is 14.5. The first-order valence-corrected chi connectivity index (χ1v) is 9.52. The van der Waals surface area contributed by atoms with E-state index in [9.17, 15) is 17.6 Å². The molecule has 0 aliphatic carbocycles. The van der Waals surface area contributed by atoms with Crippen LogP contribution in [0.1, 0.15) is 23.6 Å². The quantitative estimate of drug-likeness (QED) is 0.504. The molecule has 1 aliphatic heterocycles. The van der Waals surface area contributed by atoms with Crippen molar-refractivity contribution in [3.8, 4) is 11.5 Å². The Balaban J connectivity index is 0.00000320. The molecule has 2 aromatic carbocycles. The van der Waals surface area contributed by atoms with Gasteiger partial charge >= 0.3 is 0 Å². The van der Waals surface area contributed by atoms with Gasteiger partial charge in [0.1, 0.15) is 5.75 Å². The van der Waals surface area contributed by atoms with Crippen molar-refractivity contribution in [3.05, 3.63) is 64.2 Å². The van der Waals surface area contributed by atoms with Crippen LogP contribution in [0.5, 0.6) is 11.5 Å². The van der Waals surface area contributed by atoms with E-state index in [1.165, 1.54) is 12.1 Å². The number of aryl methyl sites for hydroxylation is 2. The van der Waals surface area contributed by atoms with E-state index in [1.54, 1.807) is 12.1 Å². The number of halogens is 5. The number of hydrogen-bond donors (Lipinski definition) is 0. The average Bonchev–Trinajstić information content (AvgIpc) is 2.74. The van der Waals surface area contributed by atoms with Gasteiger partial charge in [0.05, 0.1) is 18.8 Å². The Hall–Kier alpha value is -2.09. The summed E-state index contributed by atoms with van der Waals surface area (Å²) in [4.78, 5) is 2.00. The first kappa shape index (κ1) is 24.2. The summed E-state index contributed by atoms with van der Waals surface area (Å²) in [5.74, 6) is -7.07. The van der Waals surface area contributed by atoms with Gasteiger partial charge in [-0.3, -0.25) is 4.90 Å². The van der Waals surface area contributed by atoms with Crippen LogP contribution in [0.3, 0.4) is 0 Å². The molecule has 1 saturated heterocycles. The molecule has 164 valence electrons. The molecule has 0 aromatic heterocycles. The molecule has 0 atom stereocenters. The Bertz CT molecular complexity index is 885. The lowest BCUT2D eigenvalue weighted by atomic mass is 10.1. The van der Waals surface area contributed by atoms with Gasteiger partial charge in [-0.25, -0.2) is 8.78 Å². The number of benzene rings is 2. The fourth-order valence-corrected chi connectivity index (χ4v) is 3.18. The van der Waals surface area contributed by atoms with E-state index in [0.29, 0.717) is 39.3 Å². The van der Waals surface area contributed by atoms with Gasteiger partial charge < -0.3 is 21.9 Å². The molecule has 3 nitrogen and oxygen atoms in total. The molecular formula is C22H23ClF4NO2-. The summed E-state index contributed by atoms with van der Waals surface area (Å²) < 4.78 is 68.2. The van der Waals surface area contributed by atoms with Crippen molar-refractivity contribution in [2.24, 2.45) is 0 Å². The third-order valence-corrected chi connectivity index (χ3v) is 4.93. The predicted molar refractivity (Wildman–Crippen MR) is 103 cm³/mol. The first-order chi connectivity index (χ1) is 13.9. The molecule has 0 bridgehead atoms. The number of hydrogen-bond acceptors (Lipinski definition) is 3. The summed E-state index contributed by atoms with van der Waals surface area (Å²) in [5.41, 5.74) is 1.13. The van der Waals surface area contributed by atoms with Gasteiger partial charge in [0.15, 0.2) is 11.6 Å². The normalized spacial score (nSPS) is 14.7. The highest BCUT2D eigenvalue weighted by molar-refractivity contribution is 5.54. The molecule has 2 aromatic rings. The minimum absolute atomic E-state index is 0. The van der Waals surface area contributed by atoms with Gasteiger partial charge in [0.2, 0.25) is 17.4 Å². The van der Waals surface area contributed by atoms with Crippen molar-refractivity contribution >= 4 is 6.08 Å². The van der Waals surface area contributed by atoms with Gasteiger partial charge in [-0.2, -0.15) is 8.78 Å². The highest BCUT2D eigenvalue weighted by Gasteiger charge is 2.26. The molecule has 1 heterocycles. The van der Waals surface area contributed by atoms with Crippen molar-refractivity contribution in [1.82, 2.24) is 4.90 Å². The monoisotopic (exact) mass is 444 g/mol. The molecule has 0 unspecified atom stereocenters. The van der Waals surface area contributed by atoms with E-state index >= 15 is 0 Å². The molecule has 0 amide bonds. The predicted octanol–water partition coefficient (Wildman–Crippen LogP) is 2.26. The third-order valence-electron chi connectivity index (χ3n) is 4.93. The third kappa shape index (κ3) is 5.33. The fraction of sp³-hybridized carbons (Fsp3) is 0.364. The summed E-state index contributed by atoms with van der Waals surface area (Å²) in [7, 11) is 0. The van der Waals surface area contributed by atoms with Crippen LogP contribution in [0.2, 0.25) is 0 Å². The highest BCUT2D eigenvalue weighted by Crippen LogP contribution is 2.34. The summed E-state index contributed by atoms with van der Waals surface area (Å²) in [6.45, 7) is 6.72. The molecule has 0 radical (unpaired) electrons. The molecule has 8 heteroatoms. The fourth-order valence-electron chi connectivity index (χ4n) is 3.18. The number of morpholine rings is 1. The average molecular weight is 445 g/mol. The number of rotatable bonds is 6. The van der Waals surface area contributed by atoms with Crippen molar-refractivity contribution in [3.63, 3.8) is 0 Å². The maximum Gasteiger partial charge on any atom is 0.205 e.